The van der Waals surface area contributed by atoms with E-state index in [2.05, 4.69) is 38.2 Å². The number of hydrogen-bond acceptors (Lipinski definition) is 2. The number of aliphatic hydroxyl groups excluding tert-OH is 2. The van der Waals surface area contributed by atoms with Crippen molar-refractivity contribution in [1.82, 2.24) is 0 Å². The molecular formula is C40H80O2. The molecule has 0 aromatic heterocycles. The molecule has 252 valence electrons. The molecular weight excluding hydrogens is 512 g/mol. The predicted octanol–water partition coefficient (Wildman–Crippen LogP) is 13.6. The summed E-state index contributed by atoms with van der Waals surface area (Å²) in [5.41, 5.74) is 0. The van der Waals surface area contributed by atoms with E-state index in [0.29, 0.717) is 13.2 Å². The van der Waals surface area contributed by atoms with Gasteiger partial charge in [0.2, 0.25) is 0 Å². The van der Waals surface area contributed by atoms with Crippen LogP contribution in [0.2, 0.25) is 0 Å². The molecule has 0 atom stereocenters. The Morgan fingerprint density at radius 3 is 0.667 bits per heavy atom. The second-order valence-corrected chi connectivity index (χ2v) is 12.7. The van der Waals surface area contributed by atoms with Crippen LogP contribution in [0.15, 0.2) is 24.3 Å². The number of unbranched alkanes of at least 4 members (excludes halogenated alkanes) is 28. The van der Waals surface area contributed by atoms with Gasteiger partial charge in [-0.15, -0.1) is 0 Å². The van der Waals surface area contributed by atoms with Crippen LogP contribution in [-0.4, -0.2) is 23.4 Å². The number of aliphatic hydroxyl groups is 2. The summed E-state index contributed by atoms with van der Waals surface area (Å²) in [6, 6.07) is 0. The fraction of sp³-hybridized carbons (Fsp3) is 0.900. The predicted molar refractivity (Wildman–Crippen MR) is 192 cm³/mol. The van der Waals surface area contributed by atoms with Crippen molar-refractivity contribution in [2.24, 2.45) is 0 Å². The summed E-state index contributed by atoms with van der Waals surface area (Å²) in [7, 11) is 0. The van der Waals surface area contributed by atoms with Crippen molar-refractivity contribution in [2.45, 2.75) is 219 Å². The number of rotatable bonds is 34. The molecule has 0 rings (SSSR count). The molecule has 0 bridgehead atoms. The number of allylic oxidation sites excluding steroid dienone is 4. The van der Waals surface area contributed by atoms with E-state index in [1.54, 1.807) is 0 Å². The van der Waals surface area contributed by atoms with Gasteiger partial charge in [0, 0.05) is 13.2 Å². The average molecular weight is 593 g/mol. The van der Waals surface area contributed by atoms with Crippen LogP contribution >= 0.6 is 0 Å². The lowest BCUT2D eigenvalue weighted by Crippen LogP contribution is -1.84. The molecule has 0 saturated heterocycles. The van der Waals surface area contributed by atoms with Crippen molar-refractivity contribution in [3.63, 3.8) is 0 Å². The molecule has 0 aliphatic rings. The smallest absolute Gasteiger partial charge is 0.0431 e. The van der Waals surface area contributed by atoms with Crippen molar-refractivity contribution in [1.29, 1.82) is 0 Å². The summed E-state index contributed by atoms with van der Waals surface area (Å²) < 4.78 is 0. The molecule has 0 fully saturated rings. The number of hydrogen-bond donors (Lipinski definition) is 2. The first kappa shape index (κ1) is 43.5. The summed E-state index contributed by atoms with van der Waals surface area (Å²) >= 11 is 0. The standard InChI is InChI=1S/C22H44O.C18H36O/c1-2-3-4-5-6-7-8-9-10-11-12-13-14-15-16-17-18-19-20-21-22-23;1-2-3-4-5-6-7-8-9-10-11-12-13-14-15-16-17-18-19/h9-10,23H,2-8,11-22H2,1H3;9-10,19H,2-8,11-18H2,1H3/b2*10-9-. The van der Waals surface area contributed by atoms with Gasteiger partial charge in [-0.2, -0.15) is 0 Å². The van der Waals surface area contributed by atoms with E-state index < -0.39 is 0 Å². The molecule has 0 unspecified atom stereocenters. The van der Waals surface area contributed by atoms with E-state index in [4.69, 9.17) is 10.2 Å². The lowest BCUT2D eigenvalue weighted by Gasteiger charge is -2.01. The van der Waals surface area contributed by atoms with Gasteiger partial charge in [-0.05, 0) is 64.2 Å². The summed E-state index contributed by atoms with van der Waals surface area (Å²) in [6.45, 7) is 5.29. The minimum Gasteiger partial charge on any atom is -0.396 e. The van der Waals surface area contributed by atoms with Crippen LogP contribution in [0.5, 0.6) is 0 Å². The summed E-state index contributed by atoms with van der Waals surface area (Å²) in [5, 5.41) is 17.4. The average Bonchev–Trinajstić information content (AvgIpc) is 3.00. The fourth-order valence-electron chi connectivity index (χ4n) is 5.43. The molecule has 2 nitrogen and oxygen atoms in total. The van der Waals surface area contributed by atoms with Crippen molar-refractivity contribution in [2.75, 3.05) is 13.2 Å². The molecule has 0 amide bonds. The highest BCUT2D eigenvalue weighted by atomic mass is 16.3. The Hall–Kier alpha value is -0.600. The minimum atomic E-state index is 0.362. The highest BCUT2D eigenvalue weighted by Gasteiger charge is 1.93. The van der Waals surface area contributed by atoms with E-state index in [-0.39, 0.29) is 0 Å². The first-order valence-corrected chi connectivity index (χ1v) is 19.3. The van der Waals surface area contributed by atoms with E-state index in [1.807, 2.05) is 0 Å². The van der Waals surface area contributed by atoms with Crippen molar-refractivity contribution >= 4 is 0 Å². The zero-order valence-corrected chi connectivity index (χ0v) is 29.2. The maximum absolute atomic E-state index is 8.71. The Bertz CT molecular complexity index is 484. The molecule has 0 aromatic rings. The van der Waals surface area contributed by atoms with Crippen LogP contribution in [0, 0.1) is 0 Å². The summed E-state index contributed by atoms with van der Waals surface area (Å²) in [4.78, 5) is 0. The SMILES string of the molecule is CCCCCCCC/C=C\CCCCCCCCCCCCO.CCCCCCCC/C=C\CCCCCCCCO. The molecule has 2 heteroatoms. The van der Waals surface area contributed by atoms with Crippen LogP contribution in [-0.2, 0) is 0 Å². The third-order valence-electron chi connectivity index (χ3n) is 8.34. The molecule has 0 aromatic carbocycles. The Morgan fingerprint density at radius 2 is 0.452 bits per heavy atom. The summed E-state index contributed by atoms with van der Waals surface area (Å²) in [5.74, 6) is 0. The van der Waals surface area contributed by atoms with Gasteiger partial charge >= 0.3 is 0 Å². The van der Waals surface area contributed by atoms with E-state index in [9.17, 15) is 0 Å². The Labute approximate surface area is 266 Å². The maximum Gasteiger partial charge on any atom is 0.0431 e. The maximum atomic E-state index is 8.71. The minimum absolute atomic E-state index is 0.362. The van der Waals surface area contributed by atoms with Gasteiger partial charge in [0.05, 0.1) is 0 Å². The van der Waals surface area contributed by atoms with Crippen LogP contribution in [0.25, 0.3) is 0 Å². The monoisotopic (exact) mass is 593 g/mol. The topological polar surface area (TPSA) is 40.5 Å². The van der Waals surface area contributed by atoms with Gasteiger partial charge in [0.1, 0.15) is 0 Å². The Balaban J connectivity index is 0. The van der Waals surface area contributed by atoms with Crippen molar-refractivity contribution in [3.05, 3.63) is 24.3 Å². The van der Waals surface area contributed by atoms with Crippen LogP contribution in [0.1, 0.15) is 219 Å². The fourth-order valence-corrected chi connectivity index (χ4v) is 5.43. The highest BCUT2D eigenvalue weighted by molar-refractivity contribution is 4.82. The Kier molecular flexibility index (Phi) is 46.5. The third kappa shape index (κ3) is 46.4. The molecule has 0 saturated carbocycles. The quantitative estimate of drug-likeness (QED) is 0.0576. The second-order valence-electron chi connectivity index (χ2n) is 12.7. The molecule has 42 heavy (non-hydrogen) atoms. The van der Waals surface area contributed by atoms with Gasteiger partial charge < -0.3 is 10.2 Å². The van der Waals surface area contributed by atoms with E-state index in [1.165, 1.54) is 193 Å². The van der Waals surface area contributed by atoms with Crippen LogP contribution in [0.3, 0.4) is 0 Å². The first-order valence-electron chi connectivity index (χ1n) is 19.3. The molecule has 0 spiro atoms. The zero-order chi connectivity index (χ0) is 30.9. The van der Waals surface area contributed by atoms with Crippen molar-refractivity contribution < 1.29 is 10.2 Å². The Morgan fingerprint density at radius 1 is 0.262 bits per heavy atom. The van der Waals surface area contributed by atoms with Gasteiger partial charge in [-0.3, -0.25) is 0 Å². The zero-order valence-electron chi connectivity index (χ0n) is 29.2. The largest absolute Gasteiger partial charge is 0.396 e. The second kappa shape index (κ2) is 44.8. The molecule has 0 aliphatic carbocycles. The lowest BCUT2D eigenvalue weighted by atomic mass is 10.1. The highest BCUT2D eigenvalue weighted by Crippen LogP contribution is 2.13. The van der Waals surface area contributed by atoms with Gasteiger partial charge in [0.25, 0.3) is 0 Å². The van der Waals surface area contributed by atoms with E-state index >= 15 is 0 Å². The third-order valence-corrected chi connectivity index (χ3v) is 8.34. The van der Waals surface area contributed by atoms with Gasteiger partial charge in [0.15, 0.2) is 0 Å². The molecule has 0 radical (unpaired) electrons. The van der Waals surface area contributed by atoms with Crippen LogP contribution in [0.4, 0.5) is 0 Å². The summed E-state index contributed by atoms with van der Waals surface area (Å²) in [6.07, 6.45) is 52.3. The normalized spacial score (nSPS) is 11.5. The first-order chi connectivity index (χ1) is 20.8. The molecule has 2 N–H and O–H groups in total. The van der Waals surface area contributed by atoms with Gasteiger partial charge in [-0.1, -0.05) is 179 Å². The molecule has 0 aliphatic heterocycles. The lowest BCUT2D eigenvalue weighted by molar-refractivity contribution is 0.282. The molecule has 0 heterocycles. The van der Waals surface area contributed by atoms with Crippen molar-refractivity contribution in [3.8, 4) is 0 Å². The van der Waals surface area contributed by atoms with E-state index in [0.717, 1.165) is 12.8 Å². The van der Waals surface area contributed by atoms with Crippen LogP contribution < -0.4 is 0 Å². The van der Waals surface area contributed by atoms with Gasteiger partial charge in [-0.25, -0.2) is 0 Å².